The Morgan fingerprint density at radius 2 is 1.82 bits per heavy atom. The summed E-state index contributed by atoms with van der Waals surface area (Å²) in [5.74, 6) is -0.758. The number of carboxylic acid groups (broad SMARTS) is 1. The first-order valence-electron chi connectivity index (χ1n) is 5.80. The third kappa shape index (κ3) is 2.31. The van der Waals surface area contributed by atoms with E-state index >= 15 is 0 Å². The van der Waals surface area contributed by atoms with Crippen molar-refractivity contribution < 1.29 is 9.90 Å². The van der Waals surface area contributed by atoms with Crippen molar-refractivity contribution >= 4 is 17.6 Å². The lowest BCUT2D eigenvalue weighted by molar-refractivity contribution is -0.145. The van der Waals surface area contributed by atoms with E-state index in [1.807, 2.05) is 12.1 Å². The molecule has 4 heteroatoms. The minimum absolute atomic E-state index is 0.134. The Hall–Kier alpha value is -1.06. The fourth-order valence-corrected chi connectivity index (χ4v) is 2.65. The summed E-state index contributed by atoms with van der Waals surface area (Å²) in [6, 6.07) is 7.25. The van der Waals surface area contributed by atoms with Crippen LogP contribution in [-0.2, 0) is 10.2 Å². The number of rotatable bonds is 2. The molecule has 1 saturated carbocycles. The van der Waals surface area contributed by atoms with Gasteiger partial charge in [-0.15, -0.1) is 0 Å². The van der Waals surface area contributed by atoms with Crippen LogP contribution in [0.25, 0.3) is 0 Å². The van der Waals surface area contributed by atoms with E-state index in [9.17, 15) is 9.90 Å². The van der Waals surface area contributed by atoms with Crippen molar-refractivity contribution in [3.05, 3.63) is 34.9 Å². The summed E-state index contributed by atoms with van der Waals surface area (Å²) in [5.41, 5.74) is 5.90. The van der Waals surface area contributed by atoms with Crippen LogP contribution in [0.1, 0.15) is 31.2 Å². The van der Waals surface area contributed by atoms with E-state index in [2.05, 4.69) is 0 Å². The van der Waals surface area contributed by atoms with Gasteiger partial charge >= 0.3 is 5.97 Å². The minimum Gasteiger partial charge on any atom is -0.481 e. The van der Waals surface area contributed by atoms with E-state index in [0.717, 1.165) is 18.4 Å². The van der Waals surface area contributed by atoms with E-state index in [1.54, 1.807) is 12.1 Å². The number of carbonyl (C=O) groups is 1. The van der Waals surface area contributed by atoms with E-state index in [-0.39, 0.29) is 6.04 Å². The van der Waals surface area contributed by atoms with Gasteiger partial charge in [0, 0.05) is 11.1 Å². The molecule has 3 nitrogen and oxygen atoms in total. The topological polar surface area (TPSA) is 63.3 Å². The zero-order chi connectivity index (χ0) is 12.5. The molecule has 0 unspecified atom stereocenters. The minimum atomic E-state index is -0.777. The van der Waals surface area contributed by atoms with Crippen molar-refractivity contribution in [3.63, 3.8) is 0 Å². The Labute approximate surface area is 106 Å². The Kier molecular flexibility index (Phi) is 3.40. The maximum absolute atomic E-state index is 11.6. The molecule has 1 aliphatic rings. The average Bonchev–Trinajstić information content (AvgIpc) is 2.31. The Morgan fingerprint density at radius 1 is 1.29 bits per heavy atom. The van der Waals surface area contributed by atoms with Crippen molar-refractivity contribution in [1.82, 2.24) is 0 Å². The largest absolute Gasteiger partial charge is 0.481 e. The van der Waals surface area contributed by atoms with Crippen LogP contribution < -0.4 is 5.73 Å². The molecule has 1 aromatic rings. The smallest absolute Gasteiger partial charge is 0.314 e. The lowest BCUT2D eigenvalue weighted by Gasteiger charge is -2.36. The first-order valence-corrected chi connectivity index (χ1v) is 6.17. The van der Waals surface area contributed by atoms with Crippen molar-refractivity contribution in [1.29, 1.82) is 0 Å². The molecule has 0 aliphatic heterocycles. The number of hydrogen-bond acceptors (Lipinski definition) is 2. The first kappa shape index (κ1) is 12.4. The third-order valence-corrected chi connectivity index (χ3v) is 3.94. The predicted octanol–water partition coefficient (Wildman–Crippen LogP) is 2.56. The van der Waals surface area contributed by atoms with Gasteiger partial charge in [-0.05, 0) is 43.4 Å². The molecular formula is C13H16ClNO2. The van der Waals surface area contributed by atoms with Gasteiger partial charge in [-0.3, -0.25) is 4.79 Å². The van der Waals surface area contributed by atoms with Gasteiger partial charge in [0.15, 0.2) is 0 Å². The molecule has 1 aliphatic carbocycles. The van der Waals surface area contributed by atoms with Crippen LogP contribution in [0.2, 0.25) is 5.02 Å². The standard InChI is InChI=1S/C13H16ClNO2/c14-10-3-1-9(2-4-10)13(12(16)17)7-5-11(15)6-8-13/h1-4,11H,5-8,15H2,(H,16,17)/t11-,13-. The maximum Gasteiger partial charge on any atom is 0.314 e. The highest BCUT2D eigenvalue weighted by Crippen LogP contribution is 2.39. The van der Waals surface area contributed by atoms with Gasteiger partial charge in [-0.25, -0.2) is 0 Å². The normalized spacial score (nSPS) is 28.9. The van der Waals surface area contributed by atoms with Gasteiger partial charge in [-0.2, -0.15) is 0 Å². The quantitative estimate of drug-likeness (QED) is 0.852. The third-order valence-electron chi connectivity index (χ3n) is 3.69. The molecular weight excluding hydrogens is 238 g/mol. The summed E-state index contributed by atoms with van der Waals surface area (Å²) in [6.07, 6.45) is 2.72. The number of benzene rings is 1. The monoisotopic (exact) mass is 253 g/mol. The van der Waals surface area contributed by atoms with Crippen molar-refractivity contribution in [2.24, 2.45) is 5.73 Å². The van der Waals surface area contributed by atoms with Crippen LogP contribution in [-0.4, -0.2) is 17.1 Å². The summed E-state index contributed by atoms with van der Waals surface area (Å²) in [6.45, 7) is 0. The number of carboxylic acids is 1. The number of halogens is 1. The highest BCUT2D eigenvalue weighted by Gasteiger charge is 2.42. The summed E-state index contributed by atoms with van der Waals surface area (Å²) in [5, 5.41) is 10.2. The van der Waals surface area contributed by atoms with Crippen LogP contribution in [0.4, 0.5) is 0 Å². The Morgan fingerprint density at radius 3 is 2.29 bits per heavy atom. The van der Waals surface area contributed by atoms with E-state index in [0.29, 0.717) is 17.9 Å². The van der Waals surface area contributed by atoms with Crippen LogP contribution in [0.5, 0.6) is 0 Å². The Bertz CT molecular complexity index is 408. The fraction of sp³-hybridized carbons (Fsp3) is 0.462. The molecule has 17 heavy (non-hydrogen) atoms. The second-order valence-electron chi connectivity index (χ2n) is 4.73. The van der Waals surface area contributed by atoms with Crippen molar-refractivity contribution in [2.45, 2.75) is 37.1 Å². The van der Waals surface area contributed by atoms with E-state index < -0.39 is 11.4 Å². The second kappa shape index (κ2) is 4.67. The molecule has 92 valence electrons. The molecule has 2 rings (SSSR count). The molecule has 1 aromatic carbocycles. The van der Waals surface area contributed by atoms with Crippen molar-refractivity contribution in [3.8, 4) is 0 Å². The number of hydrogen-bond donors (Lipinski definition) is 2. The lowest BCUT2D eigenvalue weighted by Crippen LogP contribution is -2.42. The number of nitrogens with two attached hydrogens (primary N) is 1. The van der Waals surface area contributed by atoms with Gasteiger partial charge in [0.2, 0.25) is 0 Å². The fourth-order valence-electron chi connectivity index (χ4n) is 2.53. The highest BCUT2D eigenvalue weighted by molar-refractivity contribution is 6.30. The molecule has 0 radical (unpaired) electrons. The number of aliphatic carboxylic acids is 1. The maximum atomic E-state index is 11.6. The molecule has 0 saturated heterocycles. The Balaban J connectivity index is 2.35. The van der Waals surface area contributed by atoms with E-state index in [1.165, 1.54) is 0 Å². The zero-order valence-corrected chi connectivity index (χ0v) is 10.3. The lowest BCUT2D eigenvalue weighted by atomic mass is 9.68. The van der Waals surface area contributed by atoms with Gasteiger partial charge in [0.25, 0.3) is 0 Å². The average molecular weight is 254 g/mol. The molecule has 0 atom stereocenters. The molecule has 0 aromatic heterocycles. The summed E-state index contributed by atoms with van der Waals surface area (Å²) < 4.78 is 0. The summed E-state index contributed by atoms with van der Waals surface area (Å²) in [4.78, 5) is 11.6. The molecule has 0 heterocycles. The summed E-state index contributed by atoms with van der Waals surface area (Å²) in [7, 11) is 0. The van der Waals surface area contributed by atoms with Crippen LogP contribution in [0.15, 0.2) is 24.3 Å². The molecule has 0 bridgehead atoms. The van der Waals surface area contributed by atoms with Crippen molar-refractivity contribution in [2.75, 3.05) is 0 Å². The van der Waals surface area contributed by atoms with Crippen LogP contribution >= 0.6 is 11.6 Å². The molecule has 3 N–H and O–H groups in total. The molecule has 0 spiro atoms. The highest BCUT2D eigenvalue weighted by atomic mass is 35.5. The second-order valence-corrected chi connectivity index (χ2v) is 5.17. The van der Waals surface area contributed by atoms with Gasteiger partial charge < -0.3 is 10.8 Å². The predicted molar refractivity (Wildman–Crippen MR) is 67.2 cm³/mol. The summed E-state index contributed by atoms with van der Waals surface area (Å²) >= 11 is 5.83. The SMILES string of the molecule is N[C@H]1CC[C@@](C(=O)O)(c2ccc(Cl)cc2)CC1. The van der Waals surface area contributed by atoms with Crippen LogP contribution in [0, 0.1) is 0 Å². The molecule has 1 fully saturated rings. The van der Waals surface area contributed by atoms with Crippen LogP contribution in [0.3, 0.4) is 0 Å². The zero-order valence-electron chi connectivity index (χ0n) is 9.53. The van der Waals surface area contributed by atoms with Gasteiger partial charge in [-0.1, -0.05) is 23.7 Å². The van der Waals surface area contributed by atoms with Gasteiger partial charge in [0.1, 0.15) is 0 Å². The van der Waals surface area contributed by atoms with Gasteiger partial charge in [0.05, 0.1) is 5.41 Å². The first-order chi connectivity index (χ1) is 8.04. The van der Waals surface area contributed by atoms with E-state index in [4.69, 9.17) is 17.3 Å². The molecule has 0 amide bonds.